The fourth-order valence-corrected chi connectivity index (χ4v) is 4.95. The minimum absolute atomic E-state index is 0.0988. The van der Waals surface area contributed by atoms with E-state index < -0.39 is 10.0 Å². The topological polar surface area (TPSA) is 73.8 Å². The van der Waals surface area contributed by atoms with Gasteiger partial charge in [0.1, 0.15) is 4.90 Å². The number of aliphatic imine (C=N–C) groups is 1. The van der Waals surface area contributed by atoms with E-state index in [0.29, 0.717) is 22.6 Å². The number of para-hydroxylation sites is 1. The summed E-state index contributed by atoms with van der Waals surface area (Å²) in [5, 5.41) is 3.25. The van der Waals surface area contributed by atoms with Crippen LogP contribution in [-0.2, 0) is 10.0 Å². The second-order valence-corrected chi connectivity index (χ2v) is 9.12. The van der Waals surface area contributed by atoms with Crippen molar-refractivity contribution in [2.75, 3.05) is 19.4 Å². The molecule has 138 valence electrons. The Kier molecular flexibility index (Phi) is 5.06. The van der Waals surface area contributed by atoms with Gasteiger partial charge < -0.3 is 10.2 Å². The highest BCUT2D eigenvalue weighted by Gasteiger charge is 2.32. The Labute approximate surface area is 150 Å². The van der Waals surface area contributed by atoms with E-state index in [4.69, 9.17) is 4.99 Å². The second-order valence-electron chi connectivity index (χ2n) is 7.47. The van der Waals surface area contributed by atoms with Gasteiger partial charge in [-0.2, -0.15) is 0 Å². The van der Waals surface area contributed by atoms with Crippen molar-refractivity contribution in [2.24, 2.45) is 4.99 Å². The van der Waals surface area contributed by atoms with Crippen LogP contribution in [0.15, 0.2) is 28.1 Å². The van der Waals surface area contributed by atoms with Gasteiger partial charge in [0.05, 0.1) is 11.7 Å². The SMILES string of the molecule is CC(C)c1cccc2c1NC(=N[C@@H]1CCCC[C@H]1N(C)C)NS2(=O)=O. The lowest BCUT2D eigenvalue weighted by atomic mass is 9.90. The fraction of sp³-hybridized carbons (Fsp3) is 0.611. The third-order valence-electron chi connectivity index (χ3n) is 5.10. The lowest BCUT2D eigenvalue weighted by molar-refractivity contribution is 0.202. The van der Waals surface area contributed by atoms with Crippen molar-refractivity contribution in [1.29, 1.82) is 0 Å². The number of likely N-dealkylation sites (N-methyl/N-ethyl adjacent to an activating group) is 1. The van der Waals surface area contributed by atoms with Crippen molar-refractivity contribution in [3.63, 3.8) is 0 Å². The first kappa shape index (κ1) is 18.2. The number of sulfonamides is 1. The van der Waals surface area contributed by atoms with Crippen LogP contribution >= 0.6 is 0 Å². The molecule has 1 aliphatic carbocycles. The van der Waals surface area contributed by atoms with E-state index in [1.54, 1.807) is 12.1 Å². The van der Waals surface area contributed by atoms with Gasteiger partial charge in [0.25, 0.3) is 10.0 Å². The molecule has 0 aromatic heterocycles. The zero-order valence-electron chi connectivity index (χ0n) is 15.4. The number of benzene rings is 1. The molecule has 1 saturated carbocycles. The zero-order valence-corrected chi connectivity index (χ0v) is 16.2. The maximum atomic E-state index is 12.7. The summed E-state index contributed by atoms with van der Waals surface area (Å²) in [4.78, 5) is 7.26. The van der Waals surface area contributed by atoms with E-state index in [-0.39, 0.29) is 12.0 Å². The van der Waals surface area contributed by atoms with Crippen molar-refractivity contribution in [3.05, 3.63) is 23.8 Å². The molecule has 3 rings (SSSR count). The van der Waals surface area contributed by atoms with Crippen LogP contribution in [0, 0.1) is 0 Å². The summed E-state index contributed by atoms with van der Waals surface area (Å²) in [5.41, 5.74) is 1.65. The molecule has 1 heterocycles. The van der Waals surface area contributed by atoms with Gasteiger partial charge in [-0.15, -0.1) is 0 Å². The standard InChI is InChI=1S/C18H28N4O2S/c1-12(2)13-8-7-11-16-17(13)20-18(21-25(16,23)24)19-14-9-5-6-10-15(14)22(3)4/h7-8,11-12,14-15H,5-6,9-10H2,1-4H3,(H2,19,20,21)/t14-,15-/m1/s1. The molecule has 1 fully saturated rings. The Bertz CT molecular complexity index is 771. The Morgan fingerprint density at radius 1 is 1.20 bits per heavy atom. The largest absolute Gasteiger partial charge is 0.324 e. The Balaban J connectivity index is 1.98. The van der Waals surface area contributed by atoms with Crippen molar-refractivity contribution in [2.45, 2.75) is 62.4 Å². The maximum Gasteiger partial charge on any atom is 0.266 e. The van der Waals surface area contributed by atoms with E-state index in [9.17, 15) is 8.42 Å². The van der Waals surface area contributed by atoms with Gasteiger partial charge in [0.2, 0.25) is 5.96 Å². The van der Waals surface area contributed by atoms with Crippen LogP contribution < -0.4 is 10.0 Å². The first-order valence-electron chi connectivity index (χ1n) is 8.96. The molecule has 6 nitrogen and oxygen atoms in total. The minimum Gasteiger partial charge on any atom is -0.324 e. The molecule has 0 saturated heterocycles. The molecule has 2 N–H and O–H groups in total. The van der Waals surface area contributed by atoms with Gasteiger partial charge >= 0.3 is 0 Å². The number of anilines is 1. The van der Waals surface area contributed by atoms with E-state index >= 15 is 0 Å². The normalized spacial score (nSPS) is 27.0. The summed E-state index contributed by atoms with van der Waals surface area (Å²) < 4.78 is 28.0. The van der Waals surface area contributed by atoms with E-state index in [1.807, 2.05) is 6.07 Å². The predicted molar refractivity (Wildman–Crippen MR) is 102 cm³/mol. The van der Waals surface area contributed by atoms with Gasteiger partial charge in [-0.1, -0.05) is 38.8 Å². The van der Waals surface area contributed by atoms with E-state index in [1.165, 1.54) is 6.42 Å². The second kappa shape index (κ2) is 6.96. The molecule has 1 aliphatic heterocycles. The van der Waals surface area contributed by atoms with Gasteiger partial charge in [0, 0.05) is 6.04 Å². The van der Waals surface area contributed by atoms with Gasteiger partial charge in [-0.25, -0.2) is 18.1 Å². The summed E-state index contributed by atoms with van der Waals surface area (Å²) >= 11 is 0. The van der Waals surface area contributed by atoms with Crippen LogP contribution in [-0.4, -0.2) is 45.5 Å². The third kappa shape index (κ3) is 3.67. The Morgan fingerprint density at radius 2 is 1.92 bits per heavy atom. The quantitative estimate of drug-likeness (QED) is 0.865. The average Bonchev–Trinajstić information content (AvgIpc) is 2.54. The summed E-state index contributed by atoms with van der Waals surface area (Å²) in [6, 6.07) is 5.84. The van der Waals surface area contributed by atoms with E-state index in [2.05, 4.69) is 42.9 Å². The summed E-state index contributed by atoms with van der Waals surface area (Å²) in [5.74, 6) is 0.570. The highest BCUT2D eigenvalue weighted by Crippen LogP contribution is 2.33. The molecular weight excluding hydrogens is 336 g/mol. The molecule has 2 atom stereocenters. The van der Waals surface area contributed by atoms with Gasteiger partial charge in [-0.05, 0) is 44.5 Å². The number of hydrogen-bond donors (Lipinski definition) is 2. The van der Waals surface area contributed by atoms with Crippen LogP contribution in [0.1, 0.15) is 51.0 Å². The molecule has 0 amide bonds. The van der Waals surface area contributed by atoms with Crippen LogP contribution in [0.3, 0.4) is 0 Å². The molecule has 0 bridgehead atoms. The summed E-state index contributed by atoms with van der Waals surface area (Å²) in [7, 11) is 0.534. The molecule has 2 aliphatic rings. The maximum absolute atomic E-state index is 12.7. The first-order chi connectivity index (χ1) is 11.8. The predicted octanol–water partition coefficient (Wildman–Crippen LogP) is 2.74. The lowest BCUT2D eigenvalue weighted by Crippen LogP contribution is -2.45. The molecule has 0 radical (unpaired) electrons. The van der Waals surface area contributed by atoms with Crippen molar-refractivity contribution >= 4 is 21.7 Å². The molecule has 0 unspecified atom stereocenters. The van der Waals surface area contributed by atoms with Crippen LogP contribution in [0.5, 0.6) is 0 Å². The highest BCUT2D eigenvalue weighted by atomic mass is 32.2. The average molecular weight is 365 g/mol. The van der Waals surface area contributed by atoms with Crippen LogP contribution in [0.4, 0.5) is 5.69 Å². The summed E-state index contributed by atoms with van der Waals surface area (Å²) in [6.45, 7) is 4.12. The van der Waals surface area contributed by atoms with Crippen LogP contribution in [0.2, 0.25) is 0 Å². The lowest BCUT2D eigenvalue weighted by Gasteiger charge is -2.35. The Hall–Kier alpha value is -1.60. The van der Waals surface area contributed by atoms with Gasteiger partial charge in [0.15, 0.2) is 0 Å². The van der Waals surface area contributed by atoms with Crippen molar-refractivity contribution in [3.8, 4) is 0 Å². The highest BCUT2D eigenvalue weighted by molar-refractivity contribution is 7.90. The van der Waals surface area contributed by atoms with Crippen molar-refractivity contribution in [1.82, 2.24) is 9.62 Å². The number of rotatable bonds is 3. The number of fused-ring (bicyclic) bond motifs is 1. The third-order valence-corrected chi connectivity index (χ3v) is 6.48. The molecule has 1 aromatic carbocycles. The number of hydrogen-bond acceptors (Lipinski definition) is 4. The van der Waals surface area contributed by atoms with Gasteiger partial charge in [-0.3, -0.25) is 0 Å². The molecular formula is C18H28N4O2S. The van der Waals surface area contributed by atoms with Crippen LogP contribution in [0.25, 0.3) is 0 Å². The zero-order chi connectivity index (χ0) is 18.2. The molecule has 1 aromatic rings. The fourth-order valence-electron chi connectivity index (χ4n) is 3.78. The number of nitrogens with zero attached hydrogens (tertiary/aromatic N) is 2. The Morgan fingerprint density at radius 3 is 2.60 bits per heavy atom. The first-order valence-corrected chi connectivity index (χ1v) is 10.4. The van der Waals surface area contributed by atoms with Crippen molar-refractivity contribution < 1.29 is 8.42 Å². The molecule has 0 spiro atoms. The minimum atomic E-state index is -3.59. The number of guanidine groups is 1. The molecule has 25 heavy (non-hydrogen) atoms. The number of nitrogens with one attached hydrogen (secondary N) is 2. The van der Waals surface area contributed by atoms with E-state index in [0.717, 1.165) is 24.8 Å². The summed E-state index contributed by atoms with van der Waals surface area (Å²) in [6.07, 6.45) is 4.40. The smallest absolute Gasteiger partial charge is 0.266 e. The molecule has 7 heteroatoms. The monoisotopic (exact) mass is 364 g/mol.